The SMILES string of the molecule is CC(C)(C)C(N)c1cccc(F)c1O. The molecule has 14 heavy (non-hydrogen) atoms. The van der Waals surface area contributed by atoms with Gasteiger partial charge in [0.1, 0.15) is 0 Å². The number of aromatic hydroxyl groups is 1. The molecule has 0 radical (unpaired) electrons. The summed E-state index contributed by atoms with van der Waals surface area (Å²) in [5.74, 6) is -0.961. The summed E-state index contributed by atoms with van der Waals surface area (Å²) in [5, 5.41) is 9.48. The van der Waals surface area contributed by atoms with E-state index in [1.54, 1.807) is 12.1 Å². The Labute approximate surface area is 83.6 Å². The third-order valence-electron chi connectivity index (χ3n) is 2.29. The minimum atomic E-state index is -0.623. The van der Waals surface area contributed by atoms with Gasteiger partial charge in [0.2, 0.25) is 0 Å². The van der Waals surface area contributed by atoms with Gasteiger partial charge < -0.3 is 10.8 Å². The summed E-state index contributed by atoms with van der Waals surface area (Å²) in [6, 6.07) is 4.04. The molecule has 1 aromatic rings. The van der Waals surface area contributed by atoms with E-state index in [4.69, 9.17) is 5.73 Å². The molecule has 1 rings (SSSR count). The Hall–Kier alpha value is -1.09. The molecule has 0 aromatic heterocycles. The van der Waals surface area contributed by atoms with Crippen LogP contribution in [-0.4, -0.2) is 5.11 Å². The molecule has 3 heteroatoms. The Bertz CT molecular complexity index is 331. The van der Waals surface area contributed by atoms with Crippen molar-refractivity contribution in [3.63, 3.8) is 0 Å². The fourth-order valence-electron chi connectivity index (χ4n) is 1.25. The second-order valence-electron chi connectivity index (χ2n) is 4.52. The van der Waals surface area contributed by atoms with E-state index < -0.39 is 5.82 Å². The molecule has 1 atom stereocenters. The number of hydrogen-bond donors (Lipinski definition) is 2. The number of benzene rings is 1. The van der Waals surface area contributed by atoms with Crippen molar-refractivity contribution < 1.29 is 9.50 Å². The van der Waals surface area contributed by atoms with Gasteiger partial charge in [0.25, 0.3) is 0 Å². The molecule has 0 amide bonds. The monoisotopic (exact) mass is 197 g/mol. The van der Waals surface area contributed by atoms with Crippen LogP contribution in [0, 0.1) is 11.2 Å². The van der Waals surface area contributed by atoms with Crippen LogP contribution < -0.4 is 5.73 Å². The minimum absolute atomic E-state index is 0.203. The first-order valence-corrected chi connectivity index (χ1v) is 4.57. The van der Waals surface area contributed by atoms with Gasteiger partial charge in [-0.15, -0.1) is 0 Å². The Morgan fingerprint density at radius 1 is 1.36 bits per heavy atom. The number of phenols is 1. The highest BCUT2D eigenvalue weighted by atomic mass is 19.1. The van der Waals surface area contributed by atoms with Crippen molar-refractivity contribution in [2.75, 3.05) is 0 Å². The van der Waals surface area contributed by atoms with Crippen LogP contribution in [0.5, 0.6) is 5.75 Å². The summed E-state index contributed by atoms with van der Waals surface area (Å²) in [6.07, 6.45) is 0. The lowest BCUT2D eigenvalue weighted by Gasteiger charge is -2.27. The zero-order chi connectivity index (χ0) is 10.9. The van der Waals surface area contributed by atoms with Gasteiger partial charge in [-0.2, -0.15) is 0 Å². The maximum atomic E-state index is 13.0. The smallest absolute Gasteiger partial charge is 0.165 e. The molecule has 0 aliphatic carbocycles. The van der Waals surface area contributed by atoms with Crippen LogP contribution in [0.15, 0.2) is 18.2 Å². The van der Waals surface area contributed by atoms with Crippen LogP contribution in [0.1, 0.15) is 32.4 Å². The molecule has 0 spiro atoms. The molecule has 0 aliphatic heterocycles. The van der Waals surface area contributed by atoms with Gasteiger partial charge in [-0.25, -0.2) is 4.39 Å². The summed E-state index contributed by atoms with van der Waals surface area (Å²) >= 11 is 0. The second kappa shape index (κ2) is 3.58. The molecule has 0 heterocycles. The van der Waals surface area contributed by atoms with E-state index in [1.807, 2.05) is 20.8 Å². The number of para-hydroxylation sites is 1. The Balaban J connectivity index is 3.14. The Kier molecular flexibility index (Phi) is 2.81. The van der Waals surface area contributed by atoms with Crippen LogP contribution in [0.25, 0.3) is 0 Å². The van der Waals surface area contributed by atoms with E-state index in [0.29, 0.717) is 5.56 Å². The maximum Gasteiger partial charge on any atom is 0.165 e. The van der Waals surface area contributed by atoms with Crippen LogP contribution in [0.2, 0.25) is 0 Å². The van der Waals surface area contributed by atoms with E-state index in [-0.39, 0.29) is 17.2 Å². The van der Waals surface area contributed by atoms with Crippen molar-refractivity contribution >= 4 is 0 Å². The van der Waals surface area contributed by atoms with E-state index in [0.717, 1.165) is 0 Å². The van der Waals surface area contributed by atoms with Gasteiger partial charge >= 0.3 is 0 Å². The van der Waals surface area contributed by atoms with Crippen LogP contribution in [0.4, 0.5) is 4.39 Å². The predicted octanol–water partition coefficient (Wildman–Crippen LogP) is 2.58. The number of nitrogens with two attached hydrogens (primary N) is 1. The van der Waals surface area contributed by atoms with Gasteiger partial charge in [0, 0.05) is 11.6 Å². The molecule has 2 nitrogen and oxygen atoms in total. The number of phenolic OH excluding ortho intramolecular Hbond substituents is 1. The molecule has 0 saturated heterocycles. The van der Waals surface area contributed by atoms with Crippen LogP contribution in [0.3, 0.4) is 0 Å². The first-order chi connectivity index (χ1) is 6.34. The van der Waals surface area contributed by atoms with E-state index in [1.165, 1.54) is 6.07 Å². The third kappa shape index (κ3) is 2.04. The van der Waals surface area contributed by atoms with Crippen molar-refractivity contribution in [2.24, 2.45) is 11.1 Å². The molecular formula is C11H16FNO. The fraction of sp³-hybridized carbons (Fsp3) is 0.455. The van der Waals surface area contributed by atoms with Crippen molar-refractivity contribution in [3.8, 4) is 5.75 Å². The van der Waals surface area contributed by atoms with Gasteiger partial charge in [0.15, 0.2) is 11.6 Å². The molecule has 0 saturated carbocycles. The van der Waals surface area contributed by atoms with Crippen molar-refractivity contribution in [3.05, 3.63) is 29.6 Å². The van der Waals surface area contributed by atoms with Crippen molar-refractivity contribution in [2.45, 2.75) is 26.8 Å². The standard InChI is InChI=1S/C11H16FNO/c1-11(2,3)10(13)7-5-4-6-8(12)9(7)14/h4-6,10,14H,13H2,1-3H3. The highest BCUT2D eigenvalue weighted by molar-refractivity contribution is 5.36. The minimum Gasteiger partial charge on any atom is -0.505 e. The Morgan fingerprint density at radius 2 is 1.93 bits per heavy atom. The third-order valence-corrected chi connectivity index (χ3v) is 2.29. The van der Waals surface area contributed by atoms with Crippen LogP contribution in [-0.2, 0) is 0 Å². The topological polar surface area (TPSA) is 46.2 Å². The number of hydrogen-bond acceptors (Lipinski definition) is 2. The van der Waals surface area contributed by atoms with Crippen molar-refractivity contribution in [1.82, 2.24) is 0 Å². The van der Waals surface area contributed by atoms with Gasteiger partial charge in [0.05, 0.1) is 0 Å². The average molecular weight is 197 g/mol. The number of rotatable bonds is 1. The lowest BCUT2D eigenvalue weighted by molar-refractivity contribution is 0.314. The van der Waals surface area contributed by atoms with Gasteiger partial charge in [-0.3, -0.25) is 0 Å². The fourth-order valence-corrected chi connectivity index (χ4v) is 1.25. The first kappa shape index (κ1) is 11.0. The predicted molar refractivity (Wildman–Crippen MR) is 54.4 cm³/mol. The van der Waals surface area contributed by atoms with Gasteiger partial charge in [-0.05, 0) is 11.5 Å². The van der Waals surface area contributed by atoms with E-state index in [9.17, 15) is 9.50 Å². The average Bonchev–Trinajstić information content (AvgIpc) is 2.07. The highest BCUT2D eigenvalue weighted by Crippen LogP contribution is 2.35. The largest absolute Gasteiger partial charge is 0.505 e. The summed E-state index contributed by atoms with van der Waals surface area (Å²) in [4.78, 5) is 0. The number of halogens is 1. The maximum absolute atomic E-state index is 13.0. The molecule has 0 fully saturated rings. The summed E-state index contributed by atoms with van der Waals surface area (Å²) in [7, 11) is 0. The zero-order valence-corrected chi connectivity index (χ0v) is 8.71. The lowest BCUT2D eigenvalue weighted by atomic mass is 9.83. The summed E-state index contributed by atoms with van der Waals surface area (Å²) < 4.78 is 13.0. The normalized spacial score (nSPS) is 14.1. The molecule has 3 N–H and O–H groups in total. The summed E-state index contributed by atoms with van der Waals surface area (Å²) in [6.45, 7) is 5.84. The molecule has 1 aromatic carbocycles. The molecule has 78 valence electrons. The molecule has 0 bridgehead atoms. The van der Waals surface area contributed by atoms with E-state index >= 15 is 0 Å². The zero-order valence-electron chi connectivity index (χ0n) is 8.71. The highest BCUT2D eigenvalue weighted by Gasteiger charge is 2.25. The first-order valence-electron chi connectivity index (χ1n) is 4.57. The molecule has 0 aliphatic rings. The Morgan fingerprint density at radius 3 is 2.43 bits per heavy atom. The van der Waals surface area contributed by atoms with Gasteiger partial charge in [-0.1, -0.05) is 32.9 Å². The van der Waals surface area contributed by atoms with Crippen LogP contribution >= 0.6 is 0 Å². The van der Waals surface area contributed by atoms with E-state index in [2.05, 4.69) is 0 Å². The second-order valence-corrected chi connectivity index (χ2v) is 4.52. The quantitative estimate of drug-likeness (QED) is 0.726. The van der Waals surface area contributed by atoms with Crippen molar-refractivity contribution in [1.29, 1.82) is 0 Å². The lowest BCUT2D eigenvalue weighted by Crippen LogP contribution is -2.26. The molecule has 1 unspecified atom stereocenters. The molecular weight excluding hydrogens is 181 g/mol. The summed E-state index contributed by atoms with van der Waals surface area (Å²) in [5.41, 5.74) is 6.17.